The maximum absolute atomic E-state index is 12.3. The number of fused-ring (bicyclic) bond motifs is 1. The third-order valence-electron chi connectivity index (χ3n) is 4.84. The van der Waals surface area contributed by atoms with Gasteiger partial charge in [-0.25, -0.2) is 4.98 Å². The fourth-order valence-electron chi connectivity index (χ4n) is 3.49. The largest absolute Gasteiger partial charge is 0.325 e. The van der Waals surface area contributed by atoms with Crippen molar-refractivity contribution in [2.75, 3.05) is 25.0 Å². The summed E-state index contributed by atoms with van der Waals surface area (Å²) in [6.45, 7) is 2.40. The lowest BCUT2D eigenvalue weighted by atomic mass is 9.89. The van der Waals surface area contributed by atoms with E-state index in [4.69, 9.17) is 0 Å². The Morgan fingerprint density at radius 1 is 1.16 bits per heavy atom. The molecule has 4 nitrogen and oxygen atoms in total. The van der Waals surface area contributed by atoms with Crippen LogP contribution in [0.5, 0.6) is 0 Å². The van der Waals surface area contributed by atoms with Crippen LogP contribution < -0.4 is 5.32 Å². The molecule has 0 radical (unpaired) electrons. The molecule has 1 aromatic heterocycles. The third kappa shape index (κ3) is 3.89. The number of benzene rings is 2. The first kappa shape index (κ1) is 16.2. The predicted octanol–water partition coefficient (Wildman–Crippen LogP) is 4.11. The zero-order chi connectivity index (χ0) is 17.1. The summed E-state index contributed by atoms with van der Waals surface area (Å²) in [5, 5.41) is 3.00. The summed E-state index contributed by atoms with van der Waals surface area (Å²) in [6.07, 6.45) is 2.23. The number of hydrogen-bond donors (Lipinski definition) is 1. The van der Waals surface area contributed by atoms with Gasteiger partial charge in [-0.3, -0.25) is 9.69 Å². The lowest BCUT2D eigenvalue weighted by Gasteiger charge is -2.31. The Balaban J connectivity index is 1.30. The van der Waals surface area contributed by atoms with Crippen molar-refractivity contribution in [2.45, 2.75) is 18.8 Å². The summed E-state index contributed by atoms with van der Waals surface area (Å²) in [7, 11) is 0. The molecule has 0 atom stereocenters. The zero-order valence-corrected chi connectivity index (χ0v) is 14.8. The molecule has 128 valence electrons. The van der Waals surface area contributed by atoms with Gasteiger partial charge in [0.1, 0.15) is 0 Å². The van der Waals surface area contributed by atoms with E-state index in [1.807, 2.05) is 23.7 Å². The van der Waals surface area contributed by atoms with Crippen molar-refractivity contribution in [3.63, 3.8) is 0 Å². The van der Waals surface area contributed by atoms with Gasteiger partial charge in [-0.2, -0.15) is 0 Å². The molecule has 0 aliphatic carbocycles. The summed E-state index contributed by atoms with van der Waals surface area (Å²) in [5.74, 6) is 0.667. The van der Waals surface area contributed by atoms with E-state index in [0.717, 1.165) is 41.8 Å². The van der Waals surface area contributed by atoms with Crippen molar-refractivity contribution in [1.82, 2.24) is 9.88 Å². The van der Waals surface area contributed by atoms with Gasteiger partial charge in [0.15, 0.2) is 0 Å². The van der Waals surface area contributed by atoms with Gasteiger partial charge >= 0.3 is 0 Å². The Labute approximate surface area is 151 Å². The molecule has 25 heavy (non-hydrogen) atoms. The highest BCUT2D eigenvalue weighted by atomic mass is 32.1. The number of carbonyl (C=O) groups is 1. The second kappa shape index (κ2) is 7.33. The number of hydrogen-bond acceptors (Lipinski definition) is 4. The number of carbonyl (C=O) groups excluding carboxylic acids is 1. The van der Waals surface area contributed by atoms with Crippen LogP contribution in [0.2, 0.25) is 0 Å². The van der Waals surface area contributed by atoms with Gasteiger partial charge in [0.25, 0.3) is 0 Å². The summed E-state index contributed by atoms with van der Waals surface area (Å²) < 4.78 is 1.14. The molecule has 1 saturated heterocycles. The van der Waals surface area contributed by atoms with Gasteiger partial charge in [0.2, 0.25) is 5.91 Å². The van der Waals surface area contributed by atoms with Crippen LogP contribution in [0.25, 0.3) is 10.2 Å². The Bertz CT molecular complexity index is 854. The lowest BCUT2D eigenvalue weighted by molar-refractivity contribution is -0.117. The second-order valence-corrected chi connectivity index (χ2v) is 7.43. The molecule has 5 heteroatoms. The number of anilines is 1. The minimum absolute atomic E-state index is 0.0488. The van der Waals surface area contributed by atoms with Gasteiger partial charge in [-0.05, 0) is 55.6 Å². The second-order valence-electron chi connectivity index (χ2n) is 6.54. The molecule has 1 N–H and O–H groups in total. The smallest absolute Gasteiger partial charge is 0.238 e. The number of rotatable bonds is 4. The lowest BCUT2D eigenvalue weighted by Crippen LogP contribution is -2.38. The van der Waals surface area contributed by atoms with Crippen LogP contribution in [0.4, 0.5) is 5.69 Å². The Hall–Kier alpha value is -2.24. The van der Waals surface area contributed by atoms with E-state index in [0.29, 0.717) is 12.5 Å². The van der Waals surface area contributed by atoms with Gasteiger partial charge in [-0.15, -0.1) is 11.3 Å². The van der Waals surface area contributed by atoms with Crippen molar-refractivity contribution < 1.29 is 4.79 Å². The maximum Gasteiger partial charge on any atom is 0.238 e. The van der Waals surface area contributed by atoms with Crippen LogP contribution >= 0.6 is 11.3 Å². The highest BCUT2D eigenvalue weighted by Crippen LogP contribution is 2.27. The van der Waals surface area contributed by atoms with Crippen LogP contribution in [0.3, 0.4) is 0 Å². The van der Waals surface area contributed by atoms with Crippen molar-refractivity contribution in [3.05, 3.63) is 59.6 Å². The molecule has 3 aromatic rings. The number of thiazole rings is 1. The standard InChI is InChI=1S/C20H21N3OS/c24-20(22-17-6-7-19-18(12-17)21-14-25-19)13-23-10-8-16(9-11-23)15-4-2-1-3-5-15/h1-7,12,14,16H,8-11,13H2,(H,22,24). The number of piperidine rings is 1. The number of aromatic nitrogens is 1. The van der Waals surface area contributed by atoms with Gasteiger partial charge in [0, 0.05) is 5.69 Å². The maximum atomic E-state index is 12.3. The van der Waals surface area contributed by atoms with Crippen molar-refractivity contribution >= 4 is 33.1 Å². The fourth-order valence-corrected chi connectivity index (χ4v) is 4.15. The quantitative estimate of drug-likeness (QED) is 0.769. The van der Waals surface area contributed by atoms with Crippen LogP contribution in [-0.4, -0.2) is 35.4 Å². The molecule has 2 aromatic carbocycles. The molecule has 0 unspecified atom stereocenters. The van der Waals surface area contributed by atoms with E-state index in [1.165, 1.54) is 5.56 Å². The molecule has 0 saturated carbocycles. The van der Waals surface area contributed by atoms with Gasteiger partial charge in [-0.1, -0.05) is 30.3 Å². The van der Waals surface area contributed by atoms with E-state index in [-0.39, 0.29) is 5.91 Å². The Morgan fingerprint density at radius 2 is 1.96 bits per heavy atom. The summed E-state index contributed by atoms with van der Waals surface area (Å²) in [5.41, 5.74) is 5.00. The molecular formula is C20H21N3OS. The first-order chi connectivity index (χ1) is 12.3. The molecule has 0 spiro atoms. The normalized spacial score (nSPS) is 16.2. The predicted molar refractivity (Wildman–Crippen MR) is 103 cm³/mol. The number of nitrogens with one attached hydrogen (secondary N) is 1. The average molecular weight is 351 g/mol. The first-order valence-electron chi connectivity index (χ1n) is 8.68. The van der Waals surface area contributed by atoms with E-state index in [1.54, 1.807) is 11.3 Å². The van der Waals surface area contributed by atoms with Crippen LogP contribution in [0.15, 0.2) is 54.0 Å². The fraction of sp³-hybridized carbons (Fsp3) is 0.300. The van der Waals surface area contributed by atoms with Crippen molar-refractivity contribution in [3.8, 4) is 0 Å². The summed E-state index contributed by atoms with van der Waals surface area (Å²) in [4.78, 5) is 18.9. The van der Waals surface area contributed by atoms with E-state index >= 15 is 0 Å². The molecule has 2 heterocycles. The number of likely N-dealkylation sites (tertiary alicyclic amines) is 1. The highest BCUT2D eigenvalue weighted by molar-refractivity contribution is 7.16. The summed E-state index contributed by atoms with van der Waals surface area (Å²) >= 11 is 1.61. The molecule has 1 amide bonds. The van der Waals surface area contributed by atoms with Crippen LogP contribution in [0, 0.1) is 0 Å². The third-order valence-corrected chi connectivity index (χ3v) is 5.65. The topological polar surface area (TPSA) is 45.2 Å². The molecule has 4 rings (SSSR count). The molecule has 1 aliphatic heterocycles. The minimum atomic E-state index is 0.0488. The molecule has 1 aliphatic rings. The van der Waals surface area contributed by atoms with Gasteiger partial charge < -0.3 is 5.32 Å². The average Bonchev–Trinajstić information content (AvgIpc) is 3.11. The number of nitrogens with zero attached hydrogens (tertiary/aromatic N) is 2. The van der Waals surface area contributed by atoms with E-state index in [2.05, 4.69) is 45.5 Å². The zero-order valence-electron chi connectivity index (χ0n) is 14.0. The highest BCUT2D eigenvalue weighted by Gasteiger charge is 2.21. The molecule has 0 bridgehead atoms. The van der Waals surface area contributed by atoms with Crippen molar-refractivity contribution in [2.24, 2.45) is 0 Å². The SMILES string of the molecule is O=C(CN1CCC(c2ccccc2)CC1)Nc1ccc2scnc2c1. The monoisotopic (exact) mass is 351 g/mol. The van der Waals surface area contributed by atoms with E-state index < -0.39 is 0 Å². The number of amides is 1. The Morgan fingerprint density at radius 3 is 2.76 bits per heavy atom. The van der Waals surface area contributed by atoms with Crippen LogP contribution in [-0.2, 0) is 4.79 Å². The van der Waals surface area contributed by atoms with Crippen LogP contribution in [0.1, 0.15) is 24.3 Å². The summed E-state index contributed by atoms with van der Waals surface area (Å²) in [6, 6.07) is 16.6. The van der Waals surface area contributed by atoms with Crippen molar-refractivity contribution in [1.29, 1.82) is 0 Å². The van der Waals surface area contributed by atoms with E-state index in [9.17, 15) is 4.79 Å². The van der Waals surface area contributed by atoms with Gasteiger partial charge in [0.05, 0.1) is 22.3 Å². The first-order valence-corrected chi connectivity index (χ1v) is 9.56. The molecular weight excluding hydrogens is 330 g/mol. The molecule has 1 fully saturated rings. The minimum Gasteiger partial charge on any atom is -0.325 e. The Kier molecular flexibility index (Phi) is 4.76.